The molecule has 172 valence electrons. The van der Waals surface area contributed by atoms with Gasteiger partial charge in [0.1, 0.15) is 5.75 Å². The molecule has 0 bridgehead atoms. The molecule has 1 saturated carbocycles. The summed E-state index contributed by atoms with van der Waals surface area (Å²) in [7, 11) is -3.82. The molecule has 2 aromatic carbocycles. The molecule has 0 spiro atoms. The molecule has 0 unspecified atom stereocenters. The monoisotopic (exact) mass is 456 g/mol. The van der Waals surface area contributed by atoms with Crippen LogP contribution in [0.25, 0.3) is 0 Å². The zero-order valence-electron chi connectivity index (χ0n) is 18.9. The molecule has 4 rings (SSSR count). The topological polar surface area (TPSA) is 66.9 Å². The summed E-state index contributed by atoms with van der Waals surface area (Å²) < 4.78 is 34.3. The van der Waals surface area contributed by atoms with Crippen LogP contribution in [0.5, 0.6) is 5.75 Å². The van der Waals surface area contributed by atoms with Gasteiger partial charge in [0.05, 0.1) is 18.0 Å². The molecule has 0 N–H and O–H groups in total. The van der Waals surface area contributed by atoms with E-state index in [0.29, 0.717) is 12.4 Å². The van der Waals surface area contributed by atoms with Gasteiger partial charge in [-0.15, -0.1) is 0 Å². The fraction of sp³-hybridized carbons (Fsp3) is 0.480. The quantitative estimate of drug-likeness (QED) is 0.620. The molecule has 1 amide bonds. The van der Waals surface area contributed by atoms with Gasteiger partial charge in [0.15, 0.2) is 0 Å². The van der Waals surface area contributed by atoms with Crippen molar-refractivity contribution in [3.63, 3.8) is 0 Å². The Labute approximate surface area is 191 Å². The SMILES string of the molecule is CCOc1ccc(S(=O)(=O)N(CC(=O)N2c3ccccc3C[C@@H]2C)C2CCCCC2)cc1. The molecule has 0 aromatic heterocycles. The lowest BCUT2D eigenvalue weighted by Crippen LogP contribution is -2.49. The molecule has 0 saturated heterocycles. The van der Waals surface area contributed by atoms with Crippen LogP contribution < -0.4 is 9.64 Å². The third-order valence-electron chi connectivity index (χ3n) is 6.49. The number of ether oxygens (including phenoxy) is 1. The van der Waals surface area contributed by atoms with Gasteiger partial charge in [0.25, 0.3) is 0 Å². The third-order valence-corrected chi connectivity index (χ3v) is 8.40. The fourth-order valence-corrected chi connectivity index (χ4v) is 6.58. The van der Waals surface area contributed by atoms with Gasteiger partial charge in [0.2, 0.25) is 15.9 Å². The second kappa shape index (κ2) is 9.63. The molecule has 1 aliphatic carbocycles. The summed E-state index contributed by atoms with van der Waals surface area (Å²) in [6, 6.07) is 14.3. The Morgan fingerprint density at radius 3 is 2.44 bits per heavy atom. The summed E-state index contributed by atoms with van der Waals surface area (Å²) in [5, 5.41) is 0. The molecule has 0 radical (unpaired) electrons. The summed E-state index contributed by atoms with van der Waals surface area (Å²) in [6.45, 7) is 4.28. The smallest absolute Gasteiger partial charge is 0.243 e. The normalized spacial score (nSPS) is 19.2. The fourth-order valence-electron chi connectivity index (χ4n) is 4.94. The highest BCUT2D eigenvalue weighted by atomic mass is 32.2. The number of amides is 1. The number of benzene rings is 2. The molecule has 1 aliphatic heterocycles. The average molecular weight is 457 g/mol. The number of carbonyl (C=O) groups is 1. The second-order valence-corrected chi connectivity index (χ2v) is 10.6. The molecule has 1 atom stereocenters. The van der Waals surface area contributed by atoms with Crippen LogP contribution in [-0.4, -0.2) is 43.9 Å². The summed E-state index contributed by atoms with van der Waals surface area (Å²) in [6.07, 6.45) is 5.44. The number of hydrogen-bond acceptors (Lipinski definition) is 4. The maximum absolute atomic E-state index is 13.7. The minimum Gasteiger partial charge on any atom is -0.494 e. The van der Waals surface area contributed by atoms with Crippen molar-refractivity contribution in [3.8, 4) is 5.75 Å². The Morgan fingerprint density at radius 1 is 1.06 bits per heavy atom. The van der Waals surface area contributed by atoms with E-state index in [4.69, 9.17) is 4.74 Å². The first-order chi connectivity index (χ1) is 15.4. The maximum Gasteiger partial charge on any atom is 0.243 e. The lowest BCUT2D eigenvalue weighted by molar-refractivity contribution is -0.119. The van der Waals surface area contributed by atoms with Crippen molar-refractivity contribution in [3.05, 3.63) is 54.1 Å². The Hall–Kier alpha value is -2.38. The van der Waals surface area contributed by atoms with Crippen LogP contribution in [0.2, 0.25) is 0 Å². The molecule has 6 nitrogen and oxygen atoms in total. The zero-order valence-corrected chi connectivity index (χ0v) is 19.7. The van der Waals surface area contributed by atoms with Crippen LogP contribution in [-0.2, 0) is 21.2 Å². The first-order valence-electron chi connectivity index (χ1n) is 11.6. The number of anilines is 1. The molecular weight excluding hydrogens is 424 g/mol. The first kappa shape index (κ1) is 22.8. The van der Waals surface area contributed by atoms with Gasteiger partial charge in [0, 0.05) is 17.8 Å². The Balaban J connectivity index is 1.63. The Kier molecular flexibility index (Phi) is 6.86. The molecular formula is C25H32N2O4S. The van der Waals surface area contributed by atoms with E-state index in [9.17, 15) is 13.2 Å². The van der Waals surface area contributed by atoms with Gasteiger partial charge < -0.3 is 9.64 Å². The molecule has 1 fully saturated rings. The lowest BCUT2D eigenvalue weighted by atomic mass is 9.95. The molecule has 1 heterocycles. The highest BCUT2D eigenvalue weighted by Gasteiger charge is 2.38. The van der Waals surface area contributed by atoms with E-state index in [0.717, 1.165) is 49.8 Å². The van der Waals surface area contributed by atoms with Crippen LogP contribution >= 0.6 is 0 Å². The first-order valence-corrected chi connectivity index (χ1v) is 13.0. The number of rotatable bonds is 7. The van der Waals surface area contributed by atoms with E-state index in [1.54, 1.807) is 29.2 Å². The van der Waals surface area contributed by atoms with Gasteiger partial charge in [-0.1, -0.05) is 37.5 Å². The number of carbonyl (C=O) groups excluding carboxylic acids is 1. The van der Waals surface area contributed by atoms with Crippen LogP contribution in [0.1, 0.15) is 51.5 Å². The number of para-hydroxylation sites is 1. The van der Waals surface area contributed by atoms with Gasteiger partial charge >= 0.3 is 0 Å². The Bertz CT molecular complexity index is 1050. The number of sulfonamides is 1. The molecule has 32 heavy (non-hydrogen) atoms. The van der Waals surface area contributed by atoms with Crippen LogP contribution in [0.3, 0.4) is 0 Å². The maximum atomic E-state index is 13.7. The standard InChI is InChI=1S/C25H32N2O4S/c1-3-31-22-13-15-23(16-14-22)32(29,30)26(21-10-5-4-6-11-21)18-25(28)27-19(2)17-20-9-7-8-12-24(20)27/h7-9,12-16,19,21H,3-6,10-11,17-18H2,1-2H3/t19-/m0/s1. The van der Waals surface area contributed by atoms with Crippen molar-refractivity contribution in [2.75, 3.05) is 18.1 Å². The van der Waals surface area contributed by atoms with Crippen molar-refractivity contribution >= 4 is 21.6 Å². The highest BCUT2D eigenvalue weighted by Crippen LogP contribution is 2.33. The summed E-state index contributed by atoms with van der Waals surface area (Å²) >= 11 is 0. The molecule has 7 heteroatoms. The molecule has 2 aliphatic rings. The van der Waals surface area contributed by atoms with Crippen LogP contribution in [0, 0.1) is 0 Å². The van der Waals surface area contributed by atoms with E-state index in [2.05, 4.69) is 0 Å². The Morgan fingerprint density at radius 2 is 1.75 bits per heavy atom. The zero-order chi connectivity index (χ0) is 22.7. The minimum atomic E-state index is -3.82. The average Bonchev–Trinajstić information content (AvgIpc) is 3.14. The van der Waals surface area contributed by atoms with Crippen molar-refractivity contribution in [1.82, 2.24) is 4.31 Å². The van der Waals surface area contributed by atoms with E-state index >= 15 is 0 Å². The van der Waals surface area contributed by atoms with Gasteiger partial charge in [-0.3, -0.25) is 4.79 Å². The molecule has 2 aromatic rings. The summed E-state index contributed by atoms with van der Waals surface area (Å²) in [5.41, 5.74) is 2.03. The number of nitrogens with zero attached hydrogens (tertiary/aromatic N) is 2. The van der Waals surface area contributed by atoms with Crippen molar-refractivity contribution in [2.45, 2.75) is 69.4 Å². The van der Waals surface area contributed by atoms with E-state index < -0.39 is 10.0 Å². The summed E-state index contributed by atoms with van der Waals surface area (Å²) in [5.74, 6) is 0.469. The highest BCUT2D eigenvalue weighted by molar-refractivity contribution is 7.89. The van der Waals surface area contributed by atoms with Crippen LogP contribution in [0.15, 0.2) is 53.4 Å². The predicted molar refractivity (Wildman–Crippen MR) is 125 cm³/mol. The van der Waals surface area contributed by atoms with Gasteiger partial charge in [-0.05, 0) is 69.0 Å². The minimum absolute atomic E-state index is 0.0151. The summed E-state index contributed by atoms with van der Waals surface area (Å²) in [4.78, 5) is 15.5. The van der Waals surface area contributed by atoms with Gasteiger partial charge in [-0.25, -0.2) is 8.42 Å². The number of hydrogen-bond donors (Lipinski definition) is 0. The predicted octanol–water partition coefficient (Wildman–Crippen LogP) is 4.39. The van der Waals surface area contributed by atoms with Crippen LogP contribution in [0.4, 0.5) is 5.69 Å². The largest absolute Gasteiger partial charge is 0.494 e. The van der Waals surface area contributed by atoms with E-state index in [-0.39, 0.29) is 29.4 Å². The second-order valence-electron chi connectivity index (χ2n) is 8.69. The van der Waals surface area contributed by atoms with Crippen molar-refractivity contribution < 1.29 is 17.9 Å². The lowest BCUT2D eigenvalue weighted by Gasteiger charge is -2.34. The van der Waals surface area contributed by atoms with Crippen molar-refractivity contribution in [1.29, 1.82) is 0 Å². The number of fused-ring (bicyclic) bond motifs is 1. The van der Waals surface area contributed by atoms with E-state index in [1.807, 2.05) is 38.1 Å². The van der Waals surface area contributed by atoms with E-state index in [1.165, 1.54) is 4.31 Å². The van der Waals surface area contributed by atoms with Crippen molar-refractivity contribution in [2.24, 2.45) is 0 Å². The van der Waals surface area contributed by atoms with Gasteiger partial charge in [-0.2, -0.15) is 4.31 Å². The third kappa shape index (κ3) is 4.55.